The lowest BCUT2D eigenvalue weighted by atomic mass is 10.2. The summed E-state index contributed by atoms with van der Waals surface area (Å²) in [4.78, 5) is 4.34. The maximum absolute atomic E-state index is 5.13. The molecule has 1 aromatic carbocycles. The van der Waals surface area contributed by atoms with Gasteiger partial charge >= 0.3 is 0 Å². The molecule has 0 unspecified atom stereocenters. The van der Waals surface area contributed by atoms with Gasteiger partial charge in [0.15, 0.2) is 0 Å². The van der Waals surface area contributed by atoms with Crippen LogP contribution in [0.15, 0.2) is 36.7 Å². The van der Waals surface area contributed by atoms with Crippen molar-refractivity contribution in [3.8, 4) is 0 Å². The molecule has 96 valence electrons. The van der Waals surface area contributed by atoms with Gasteiger partial charge in [0.05, 0.1) is 13.2 Å². The fourth-order valence-corrected chi connectivity index (χ4v) is 1.91. The fourth-order valence-electron chi connectivity index (χ4n) is 1.91. The summed E-state index contributed by atoms with van der Waals surface area (Å²) in [6.07, 6.45) is 3.83. The summed E-state index contributed by atoms with van der Waals surface area (Å²) in [5, 5.41) is 3.38. The topological polar surface area (TPSA) is 39.1 Å². The van der Waals surface area contributed by atoms with E-state index in [1.807, 2.05) is 18.5 Å². The van der Waals surface area contributed by atoms with Crippen molar-refractivity contribution in [1.29, 1.82) is 0 Å². The largest absolute Gasteiger partial charge is 0.380 e. The summed E-state index contributed by atoms with van der Waals surface area (Å²) in [5.74, 6) is 1.05. The molecule has 1 heterocycles. The van der Waals surface area contributed by atoms with Gasteiger partial charge in [0.2, 0.25) is 0 Å². The van der Waals surface area contributed by atoms with Crippen molar-refractivity contribution in [2.75, 3.05) is 12.4 Å². The Morgan fingerprint density at radius 3 is 3.06 bits per heavy atom. The average Bonchev–Trinajstić information content (AvgIpc) is 2.84. The molecule has 0 aliphatic carbocycles. The molecule has 2 rings (SSSR count). The number of aromatic nitrogens is 2. The number of ether oxygens (including phenoxy) is 1. The normalized spacial score (nSPS) is 10.6. The van der Waals surface area contributed by atoms with Gasteiger partial charge < -0.3 is 14.6 Å². The van der Waals surface area contributed by atoms with Crippen LogP contribution in [0.5, 0.6) is 0 Å². The lowest BCUT2D eigenvalue weighted by Crippen LogP contribution is -2.07. The standard InChI is InChI=1S/C14H19N3O/c1-3-17-8-7-15-14(17)10-16-13-6-4-5-12(9-13)11-18-2/h4-9,16H,3,10-11H2,1-2H3. The van der Waals surface area contributed by atoms with Gasteiger partial charge in [0.25, 0.3) is 0 Å². The van der Waals surface area contributed by atoms with Gasteiger partial charge in [-0.1, -0.05) is 12.1 Å². The van der Waals surface area contributed by atoms with Crippen LogP contribution in [-0.4, -0.2) is 16.7 Å². The van der Waals surface area contributed by atoms with E-state index in [1.54, 1.807) is 7.11 Å². The van der Waals surface area contributed by atoms with Crippen LogP contribution >= 0.6 is 0 Å². The SMILES string of the molecule is CCn1ccnc1CNc1cccc(COC)c1. The van der Waals surface area contributed by atoms with Crippen LogP contribution < -0.4 is 5.32 Å². The van der Waals surface area contributed by atoms with Gasteiger partial charge in [-0.2, -0.15) is 0 Å². The average molecular weight is 245 g/mol. The minimum atomic E-state index is 0.638. The smallest absolute Gasteiger partial charge is 0.128 e. The lowest BCUT2D eigenvalue weighted by Gasteiger charge is -2.09. The van der Waals surface area contributed by atoms with Crippen LogP contribution in [-0.2, 0) is 24.4 Å². The Balaban J connectivity index is 1.99. The molecule has 0 radical (unpaired) electrons. The Hall–Kier alpha value is -1.81. The molecule has 0 amide bonds. The highest BCUT2D eigenvalue weighted by molar-refractivity contribution is 5.45. The van der Waals surface area contributed by atoms with E-state index in [1.165, 1.54) is 5.56 Å². The first-order valence-electron chi connectivity index (χ1n) is 6.15. The van der Waals surface area contributed by atoms with Gasteiger partial charge in [-0.15, -0.1) is 0 Å². The molecular weight excluding hydrogens is 226 g/mol. The van der Waals surface area contributed by atoms with Gasteiger partial charge in [-0.05, 0) is 24.6 Å². The van der Waals surface area contributed by atoms with Crippen molar-refractivity contribution in [2.45, 2.75) is 26.6 Å². The molecule has 4 heteroatoms. The van der Waals surface area contributed by atoms with E-state index in [-0.39, 0.29) is 0 Å². The number of aryl methyl sites for hydroxylation is 1. The van der Waals surface area contributed by atoms with E-state index < -0.39 is 0 Å². The predicted molar refractivity (Wildman–Crippen MR) is 72.4 cm³/mol. The number of nitrogens with one attached hydrogen (secondary N) is 1. The van der Waals surface area contributed by atoms with E-state index in [9.17, 15) is 0 Å². The molecule has 0 saturated heterocycles. The molecule has 0 fully saturated rings. The number of nitrogens with zero attached hydrogens (tertiary/aromatic N) is 2. The van der Waals surface area contributed by atoms with Crippen LogP contribution in [0.25, 0.3) is 0 Å². The molecule has 0 aliphatic heterocycles. The number of benzene rings is 1. The Morgan fingerprint density at radius 2 is 2.28 bits per heavy atom. The van der Waals surface area contributed by atoms with Crippen molar-refractivity contribution >= 4 is 5.69 Å². The zero-order chi connectivity index (χ0) is 12.8. The first-order valence-corrected chi connectivity index (χ1v) is 6.15. The second kappa shape index (κ2) is 6.21. The zero-order valence-electron chi connectivity index (χ0n) is 10.9. The molecule has 0 spiro atoms. The zero-order valence-corrected chi connectivity index (χ0v) is 10.9. The van der Waals surface area contributed by atoms with Crippen molar-refractivity contribution in [1.82, 2.24) is 9.55 Å². The highest BCUT2D eigenvalue weighted by Gasteiger charge is 2.01. The number of anilines is 1. The van der Waals surface area contributed by atoms with Crippen LogP contribution in [0.2, 0.25) is 0 Å². The molecule has 0 bridgehead atoms. The van der Waals surface area contributed by atoms with Crippen LogP contribution in [0.4, 0.5) is 5.69 Å². The number of imidazole rings is 1. The molecule has 0 aliphatic rings. The maximum atomic E-state index is 5.13. The van der Waals surface area contributed by atoms with Crippen LogP contribution in [0.1, 0.15) is 18.3 Å². The molecule has 0 atom stereocenters. The van der Waals surface area contributed by atoms with Crippen LogP contribution in [0.3, 0.4) is 0 Å². The first-order chi connectivity index (χ1) is 8.83. The number of hydrogen-bond acceptors (Lipinski definition) is 3. The quantitative estimate of drug-likeness (QED) is 0.850. The minimum Gasteiger partial charge on any atom is -0.380 e. The molecule has 4 nitrogen and oxygen atoms in total. The second-order valence-electron chi connectivity index (χ2n) is 4.12. The van der Waals surface area contributed by atoms with Crippen molar-refractivity contribution < 1.29 is 4.74 Å². The molecule has 2 aromatic rings. The van der Waals surface area contributed by atoms with Gasteiger partial charge in [-0.3, -0.25) is 0 Å². The van der Waals surface area contributed by atoms with E-state index in [4.69, 9.17) is 4.74 Å². The summed E-state index contributed by atoms with van der Waals surface area (Å²) in [6.45, 7) is 4.43. The summed E-state index contributed by atoms with van der Waals surface area (Å²) in [6, 6.07) is 8.24. The third-order valence-corrected chi connectivity index (χ3v) is 2.83. The number of rotatable bonds is 6. The molecule has 0 saturated carbocycles. The summed E-state index contributed by atoms with van der Waals surface area (Å²) >= 11 is 0. The molecule has 1 aromatic heterocycles. The monoisotopic (exact) mass is 245 g/mol. The van der Waals surface area contributed by atoms with E-state index in [0.29, 0.717) is 6.61 Å². The van der Waals surface area contributed by atoms with Gasteiger partial charge in [-0.25, -0.2) is 4.98 Å². The highest BCUT2D eigenvalue weighted by atomic mass is 16.5. The van der Waals surface area contributed by atoms with Crippen molar-refractivity contribution in [3.63, 3.8) is 0 Å². The Kier molecular flexibility index (Phi) is 4.36. The fraction of sp³-hybridized carbons (Fsp3) is 0.357. The first kappa shape index (κ1) is 12.6. The lowest BCUT2D eigenvalue weighted by molar-refractivity contribution is 0.185. The Morgan fingerprint density at radius 1 is 1.39 bits per heavy atom. The molecular formula is C14H19N3O. The minimum absolute atomic E-state index is 0.638. The second-order valence-corrected chi connectivity index (χ2v) is 4.12. The summed E-state index contributed by atoms with van der Waals surface area (Å²) in [7, 11) is 1.71. The molecule has 1 N–H and O–H groups in total. The highest BCUT2D eigenvalue weighted by Crippen LogP contribution is 2.12. The van der Waals surface area contributed by atoms with Gasteiger partial charge in [0.1, 0.15) is 5.82 Å². The summed E-state index contributed by atoms with van der Waals surface area (Å²) in [5.41, 5.74) is 2.26. The third kappa shape index (κ3) is 3.11. The maximum Gasteiger partial charge on any atom is 0.128 e. The number of methoxy groups -OCH3 is 1. The molecule has 18 heavy (non-hydrogen) atoms. The van der Waals surface area contributed by atoms with E-state index >= 15 is 0 Å². The predicted octanol–water partition coefficient (Wildman–Crippen LogP) is 2.66. The Labute approximate surface area is 108 Å². The summed E-state index contributed by atoms with van der Waals surface area (Å²) < 4.78 is 7.26. The van der Waals surface area contributed by atoms with Crippen LogP contribution in [0, 0.1) is 0 Å². The van der Waals surface area contributed by atoms with E-state index in [0.717, 1.165) is 24.6 Å². The Bertz CT molecular complexity index is 493. The third-order valence-electron chi connectivity index (χ3n) is 2.83. The van der Waals surface area contributed by atoms with Crippen molar-refractivity contribution in [2.24, 2.45) is 0 Å². The van der Waals surface area contributed by atoms with Gasteiger partial charge in [0, 0.05) is 31.7 Å². The van der Waals surface area contributed by atoms with Crippen molar-refractivity contribution in [3.05, 3.63) is 48.0 Å². The number of hydrogen-bond donors (Lipinski definition) is 1. The van der Waals surface area contributed by atoms with E-state index in [2.05, 4.69) is 40.0 Å².